The number of nitrogens with zero attached hydrogens (tertiary/aromatic N) is 3. The molecule has 2 aliphatic heterocycles. The number of hydrogen-bond donors (Lipinski definition) is 1. The number of methoxy groups -OCH3 is 2. The van der Waals surface area contributed by atoms with E-state index >= 15 is 0 Å². The van der Waals surface area contributed by atoms with Crippen molar-refractivity contribution >= 4 is 23.5 Å². The average molecular weight is 501 g/mol. The Bertz CT molecular complexity index is 1320. The van der Waals surface area contributed by atoms with Crippen molar-refractivity contribution in [3.05, 3.63) is 88.4 Å². The van der Waals surface area contributed by atoms with Gasteiger partial charge in [-0.25, -0.2) is 9.59 Å². The molecule has 2 heterocycles. The van der Waals surface area contributed by atoms with Crippen LogP contribution in [0.25, 0.3) is 0 Å². The van der Waals surface area contributed by atoms with Crippen LogP contribution in [0.5, 0.6) is 0 Å². The third-order valence-corrected chi connectivity index (χ3v) is 6.60. The first kappa shape index (κ1) is 25.5. The summed E-state index contributed by atoms with van der Waals surface area (Å²) in [7, 11) is 2.39. The van der Waals surface area contributed by atoms with E-state index in [1.165, 1.54) is 19.1 Å². The van der Waals surface area contributed by atoms with E-state index in [9.17, 15) is 19.6 Å². The van der Waals surface area contributed by atoms with Crippen molar-refractivity contribution in [3.63, 3.8) is 0 Å². The molecule has 0 aromatic heterocycles. The first-order chi connectivity index (χ1) is 17.9. The number of esters is 2. The highest BCUT2D eigenvalue weighted by molar-refractivity contribution is 6.06. The molecular formula is C28H28N4O5. The van der Waals surface area contributed by atoms with E-state index in [2.05, 4.69) is 6.07 Å². The maximum absolute atomic E-state index is 13.2. The number of piperidine rings is 1. The molecule has 0 radical (unpaired) electrons. The number of ether oxygens (including phenoxy) is 2. The normalized spacial score (nSPS) is 17.8. The summed E-state index contributed by atoms with van der Waals surface area (Å²) in [5, 5.41) is 10.2. The Morgan fingerprint density at radius 1 is 0.946 bits per heavy atom. The number of carbonyl (C=O) groups excluding carboxylic acids is 3. The molecule has 1 atom stereocenters. The highest BCUT2D eigenvalue weighted by atomic mass is 16.5. The number of nitriles is 1. The number of anilines is 1. The number of carbonyl (C=O) groups is 3. The number of nitrogens with two attached hydrogens (primary N) is 1. The van der Waals surface area contributed by atoms with Gasteiger partial charge in [-0.3, -0.25) is 9.69 Å². The maximum Gasteiger partial charge on any atom is 0.355 e. The van der Waals surface area contributed by atoms with Crippen molar-refractivity contribution < 1.29 is 23.9 Å². The van der Waals surface area contributed by atoms with Crippen molar-refractivity contribution in [3.8, 4) is 6.07 Å². The average Bonchev–Trinajstić information content (AvgIpc) is 2.96. The Balaban J connectivity index is 1.93. The van der Waals surface area contributed by atoms with Crippen LogP contribution in [0.4, 0.5) is 5.69 Å². The van der Waals surface area contributed by atoms with Gasteiger partial charge in [0.25, 0.3) is 5.91 Å². The molecule has 2 aromatic rings. The molecule has 1 unspecified atom stereocenters. The summed E-state index contributed by atoms with van der Waals surface area (Å²) in [6.07, 6.45) is 2.97. The number of amides is 1. The Kier molecular flexibility index (Phi) is 7.58. The third kappa shape index (κ3) is 4.78. The van der Waals surface area contributed by atoms with E-state index < -0.39 is 17.9 Å². The van der Waals surface area contributed by atoms with Crippen LogP contribution in [0.15, 0.2) is 77.3 Å². The lowest BCUT2D eigenvalue weighted by Crippen LogP contribution is -2.41. The molecule has 4 rings (SSSR count). The van der Waals surface area contributed by atoms with Crippen LogP contribution >= 0.6 is 0 Å². The topological polar surface area (TPSA) is 126 Å². The Morgan fingerprint density at radius 3 is 2.24 bits per heavy atom. The summed E-state index contributed by atoms with van der Waals surface area (Å²) < 4.78 is 10.1. The standard InChI is InChI=1S/C28H28N4O5/c1-36-27(34)23-22(18-10-5-3-6-11-18)21(17-29)25(30)32(24(23)28(35)37-2)20-13-9-12-19(16-20)26(33)31-14-7-4-8-15-31/h3,5-6,9-13,16,22H,4,7-8,14-15,30H2,1-2H3. The number of likely N-dealkylation sites (tertiary alicyclic amines) is 1. The molecule has 0 spiro atoms. The predicted molar refractivity (Wildman–Crippen MR) is 136 cm³/mol. The molecule has 1 saturated heterocycles. The summed E-state index contributed by atoms with van der Waals surface area (Å²) in [5.41, 5.74) is 7.66. The van der Waals surface area contributed by atoms with Gasteiger partial charge in [-0.2, -0.15) is 5.26 Å². The van der Waals surface area contributed by atoms with Gasteiger partial charge in [-0.05, 0) is 43.0 Å². The van der Waals surface area contributed by atoms with Crippen molar-refractivity contribution in [2.75, 3.05) is 32.2 Å². The van der Waals surface area contributed by atoms with Gasteiger partial charge in [0.2, 0.25) is 0 Å². The third-order valence-electron chi connectivity index (χ3n) is 6.60. The van der Waals surface area contributed by atoms with E-state index in [0.29, 0.717) is 29.9 Å². The minimum atomic E-state index is -0.956. The highest BCUT2D eigenvalue weighted by Crippen LogP contribution is 2.43. The second kappa shape index (κ2) is 11.0. The van der Waals surface area contributed by atoms with Crippen LogP contribution in [0.1, 0.15) is 41.1 Å². The van der Waals surface area contributed by atoms with Crippen LogP contribution < -0.4 is 10.6 Å². The summed E-state index contributed by atoms with van der Waals surface area (Å²) in [6, 6.07) is 17.5. The van der Waals surface area contributed by atoms with Gasteiger partial charge in [0.15, 0.2) is 0 Å². The van der Waals surface area contributed by atoms with Crippen molar-refractivity contribution in [2.45, 2.75) is 25.2 Å². The molecule has 0 aliphatic carbocycles. The van der Waals surface area contributed by atoms with Gasteiger partial charge in [0, 0.05) is 24.3 Å². The number of benzene rings is 2. The summed E-state index contributed by atoms with van der Waals surface area (Å²) in [4.78, 5) is 42.6. The molecular weight excluding hydrogens is 472 g/mol. The molecule has 9 heteroatoms. The van der Waals surface area contributed by atoms with Crippen LogP contribution in [-0.2, 0) is 19.1 Å². The molecule has 1 amide bonds. The molecule has 1 fully saturated rings. The molecule has 190 valence electrons. The fraction of sp³-hybridized carbons (Fsp3) is 0.286. The van der Waals surface area contributed by atoms with E-state index in [4.69, 9.17) is 15.2 Å². The maximum atomic E-state index is 13.2. The van der Waals surface area contributed by atoms with Gasteiger partial charge >= 0.3 is 11.9 Å². The number of allylic oxidation sites excluding steroid dienone is 1. The van der Waals surface area contributed by atoms with E-state index in [1.54, 1.807) is 59.5 Å². The van der Waals surface area contributed by atoms with E-state index in [0.717, 1.165) is 19.3 Å². The largest absolute Gasteiger partial charge is 0.466 e. The van der Waals surface area contributed by atoms with Gasteiger partial charge < -0.3 is 20.1 Å². The molecule has 2 aliphatic rings. The van der Waals surface area contributed by atoms with E-state index in [1.807, 2.05) is 0 Å². The number of rotatable bonds is 5. The minimum Gasteiger partial charge on any atom is -0.466 e. The van der Waals surface area contributed by atoms with Crippen LogP contribution in [0.2, 0.25) is 0 Å². The van der Waals surface area contributed by atoms with Gasteiger partial charge in [-0.15, -0.1) is 0 Å². The Labute approximate surface area is 215 Å². The first-order valence-electron chi connectivity index (χ1n) is 12.0. The quantitative estimate of drug-likeness (QED) is 0.621. The lowest BCUT2D eigenvalue weighted by molar-refractivity contribution is -0.139. The molecule has 2 aromatic carbocycles. The second-order valence-electron chi connectivity index (χ2n) is 8.74. The zero-order valence-electron chi connectivity index (χ0n) is 20.8. The van der Waals surface area contributed by atoms with Crippen LogP contribution in [-0.4, -0.2) is 50.1 Å². The molecule has 2 N–H and O–H groups in total. The zero-order valence-corrected chi connectivity index (χ0v) is 20.8. The smallest absolute Gasteiger partial charge is 0.355 e. The Morgan fingerprint density at radius 2 is 1.62 bits per heavy atom. The van der Waals surface area contributed by atoms with Crippen molar-refractivity contribution in [1.29, 1.82) is 5.26 Å². The van der Waals surface area contributed by atoms with E-state index in [-0.39, 0.29) is 28.6 Å². The lowest BCUT2D eigenvalue weighted by Gasteiger charge is -2.36. The molecule has 0 bridgehead atoms. The van der Waals surface area contributed by atoms with Crippen molar-refractivity contribution in [1.82, 2.24) is 4.90 Å². The van der Waals surface area contributed by atoms with Crippen molar-refractivity contribution in [2.24, 2.45) is 5.73 Å². The molecule has 0 saturated carbocycles. The monoisotopic (exact) mass is 500 g/mol. The SMILES string of the molecule is COC(=O)C1=C(C(=O)OC)N(c2cccc(C(=O)N3CCCCC3)c2)C(N)=C(C#N)C1c1ccccc1. The Hall–Kier alpha value is -4.58. The molecule has 9 nitrogen and oxygen atoms in total. The zero-order chi connectivity index (χ0) is 26.5. The summed E-state index contributed by atoms with van der Waals surface area (Å²) in [6.45, 7) is 1.35. The predicted octanol–water partition coefficient (Wildman–Crippen LogP) is 3.21. The van der Waals surface area contributed by atoms with Gasteiger partial charge in [0.05, 0.1) is 37.4 Å². The summed E-state index contributed by atoms with van der Waals surface area (Å²) in [5.74, 6) is -2.79. The number of hydrogen-bond acceptors (Lipinski definition) is 8. The lowest BCUT2D eigenvalue weighted by atomic mass is 9.81. The second-order valence-corrected chi connectivity index (χ2v) is 8.74. The fourth-order valence-electron chi connectivity index (χ4n) is 4.84. The van der Waals surface area contributed by atoms with Gasteiger partial charge in [-0.1, -0.05) is 36.4 Å². The van der Waals surface area contributed by atoms with Crippen LogP contribution in [0, 0.1) is 11.3 Å². The molecule has 37 heavy (non-hydrogen) atoms. The minimum absolute atomic E-state index is 0.0491. The van der Waals surface area contributed by atoms with Gasteiger partial charge in [0.1, 0.15) is 11.5 Å². The first-order valence-corrected chi connectivity index (χ1v) is 12.0. The van der Waals surface area contributed by atoms with Crippen LogP contribution in [0.3, 0.4) is 0 Å². The highest BCUT2D eigenvalue weighted by Gasteiger charge is 2.43. The summed E-state index contributed by atoms with van der Waals surface area (Å²) >= 11 is 0. The fourth-order valence-corrected chi connectivity index (χ4v) is 4.84.